The molecule has 0 spiro atoms. The maximum Gasteiger partial charge on any atom is 0.133 e. The number of hydrogen-bond acceptors (Lipinski definition) is 3. The molecule has 4 aliphatic carbocycles. The van der Waals surface area contributed by atoms with E-state index in [4.69, 9.17) is 0 Å². The van der Waals surface area contributed by atoms with E-state index in [2.05, 4.69) is 6.92 Å². The van der Waals surface area contributed by atoms with Crippen molar-refractivity contribution in [3.63, 3.8) is 0 Å². The third-order valence-corrected chi connectivity index (χ3v) is 8.78. The molecule has 0 aromatic rings. The summed E-state index contributed by atoms with van der Waals surface area (Å²) in [5.74, 6) is 2.81. The van der Waals surface area contributed by atoms with E-state index in [-0.39, 0.29) is 22.5 Å². The van der Waals surface area contributed by atoms with Gasteiger partial charge < -0.3 is 4.79 Å². The van der Waals surface area contributed by atoms with Gasteiger partial charge in [-0.2, -0.15) is 0 Å². The second-order valence-electron chi connectivity index (χ2n) is 9.41. The Balaban J connectivity index is 1.66. The number of aldehydes is 1. The minimum Gasteiger partial charge on any atom is -0.303 e. The lowest BCUT2D eigenvalue weighted by Crippen LogP contribution is -2.55. The molecule has 0 aromatic heterocycles. The predicted molar refractivity (Wildman–Crippen MR) is 91.3 cm³/mol. The van der Waals surface area contributed by atoms with E-state index in [0.717, 1.165) is 57.8 Å². The van der Waals surface area contributed by atoms with E-state index in [0.29, 0.717) is 29.5 Å². The minimum absolute atomic E-state index is 0.0422. The van der Waals surface area contributed by atoms with E-state index in [1.807, 2.05) is 0 Å². The van der Waals surface area contributed by atoms with Crippen LogP contribution in [0.5, 0.6) is 0 Å². The van der Waals surface area contributed by atoms with Crippen LogP contribution in [0.2, 0.25) is 0 Å². The first-order valence-corrected chi connectivity index (χ1v) is 9.91. The third-order valence-electron chi connectivity index (χ3n) is 8.78. The standard InChI is InChI=1S/C21H30O3/c1-13(23)17-5-6-19-16-4-3-14-11-15(24)7-9-20(14,2)18(16)8-10-21(17,19)12-22/h12,14,16-19H,3-11H2,1-2H3/t14-,16+,17+,18-,19-,20-,21-/m0/s1. The molecule has 4 fully saturated rings. The number of rotatable bonds is 2. The maximum atomic E-state index is 12.2. The monoisotopic (exact) mass is 330 g/mol. The lowest BCUT2D eigenvalue weighted by molar-refractivity contribution is -0.150. The van der Waals surface area contributed by atoms with Gasteiger partial charge in [-0.05, 0) is 81.0 Å². The van der Waals surface area contributed by atoms with E-state index in [9.17, 15) is 14.4 Å². The normalized spacial score (nSPS) is 50.6. The highest BCUT2D eigenvalue weighted by molar-refractivity contribution is 5.84. The summed E-state index contributed by atoms with van der Waals surface area (Å²) in [4.78, 5) is 36.3. The Morgan fingerprint density at radius 2 is 1.88 bits per heavy atom. The van der Waals surface area contributed by atoms with Gasteiger partial charge >= 0.3 is 0 Å². The van der Waals surface area contributed by atoms with Gasteiger partial charge in [0.25, 0.3) is 0 Å². The quantitative estimate of drug-likeness (QED) is 0.720. The van der Waals surface area contributed by atoms with E-state index in [1.165, 1.54) is 6.29 Å². The Bertz CT molecular complexity index is 582. The van der Waals surface area contributed by atoms with E-state index in [1.54, 1.807) is 6.92 Å². The number of carbonyl (C=O) groups excluding carboxylic acids is 3. The van der Waals surface area contributed by atoms with E-state index >= 15 is 0 Å². The van der Waals surface area contributed by atoms with Crippen molar-refractivity contribution in [2.24, 2.45) is 40.4 Å². The topological polar surface area (TPSA) is 51.2 Å². The summed E-state index contributed by atoms with van der Waals surface area (Å²) < 4.78 is 0. The number of hydrogen-bond donors (Lipinski definition) is 0. The van der Waals surface area contributed by atoms with Gasteiger partial charge in [0.05, 0.1) is 0 Å². The van der Waals surface area contributed by atoms with Gasteiger partial charge in [-0.25, -0.2) is 0 Å². The molecule has 0 bridgehead atoms. The molecule has 0 amide bonds. The summed E-state index contributed by atoms with van der Waals surface area (Å²) >= 11 is 0. The summed E-state index contributed by atoms with van der Waals surface area (Å²) in [7, 11) is 0. The van der Waals surface area contributed by atoms with Crippen LogP contribution in [-0.4, -0.2) is 17.9 Å². The SMILES string of the molecule is CC(=O)[C@H]1CC[C@H]2[C@@H]3CC[C@H]4CC(=O)CC[C@]4(C)[C@H]3CC[C@]12C=O. The third kappa shape index (κ3) is 2.05. The number of Topliss-reactive ketones (excluding diaryl/α,β-unsaturated/α-hetero) is 2. The van der Waals surface area contributed by atoms with Crippen molar-refractivity contribution >= 4 is 17.9 Å². The zero-order valence-corrected chi connectivity index (χ0v) is 15.1. The molecule has 0 aromatic carbocycles. The van der Waals surface area contributed by atoms with Crippen LogP contribution in [0.3, 0.4) is 0 Å². The van der Waals surface area contributed by atoms with Crippen LogP contribution in [0.25, 0.3) is 0 Å². The predicted octanol–water partition coefficient (Wildman–Crippen LogP) is 3.98. The van der Waals surface area contributed by atoms with E-state index < -0.39 is 0 Å². The summed E-state index contributed by atoms with van der Waals surface area (Å²) in [6, 6.07) is 0. The van der Waals surface area contributed by atoms with Gasteiger partial charge in [0.2, 0.25) is 0 Å². The number of ketones is 2. The molecule has 7 atom stereocenters. The smallest absolute Gasteiger partial charge is 0.133 e. The van der Waals surface area contributed by atoms with Gasteiger partial charge in [0, 0.05) is 24.2 Å². The molecule has 4 saturated carbocycles. The first-order valence-electron chi connectivity index (χ1n) is 9.91. The molecule has 4 rings (SSSR count). The largest absolute Gasteiger partial charge is 0.303 e. The summed E-state index contributed by atoms with van der Waals surface area (Å²) in [6.07, 6.45) is 9.94. The molecule has 0 heterocycles. The minimum atomic E-state index is -0.374. The lowest BCUT2D eigenvalue weighted by atomic mass is 9.44. The van der Waals surface area contributed by atoms with Crippen LogP contribution < -0.4 is 0 Å². The Kier molecular flexibility index (Phi) is 3.78. The molecule has 132 valence electrons. The Hall–Kier alpha value is -0.990. The molecule has 0 N–H and O–H groups in total. The average Bonchev–Trinajstić information content (AvgIpc) is 2.95. The zero-order valence-electron chi connectivity index (χ0n) is 15.1. The Labute approximate surface area is 144 Å². The van der Waals surface area contributed by atoms with Crippen molar-refractivity contribution < 1.29 is 14.4 Å². The van der Waals surface area contributed by atoms with Crippen molar-refractivity contribution in [3.8, 4) is 0 Å². The fourth-order valence-electron chi connectivity index (χ4n) is 7.58. The first-order chi connectivity index (χ1) is 11.4. The van der Waals surface area contributed by atoms with Crippen LogP contribution in [0.1, 0.15) is 71.6 Å². The Morgan fingerprint density at radius 1 is 1.08 bits per heavy atom. The maximum absolute atomic E-state index is 12.2. The molecular formula is C21H30O3. The van der Waals surface area contributed by atoms with Crippen molar-refractivity contribution in [2.45, 2.75) is 71.6 Å². The molecule has 4 aliphatic rings. The van der Waals surface area contributed by atoms with Gasteiger partial charge in [-0.1, -0.05) is 6.92 Å². The van der Waals surface area contributed by atoms with Crippen molar-refractivity contribution in [1.82, 2.24) is 0 Å². The summed E-state index contributed by atoms with van der Waals surface area (Å²) in [6.45, 7) is 4.10. The zero-order chi connectivity index (χ0) is 17.1. The number of carbonyl (C=O) groups is 3. The van der Waals surface area contributed by atoms with Gasteiger partial charge in [0.1, 0.15) is 17.9 Å². The van der Waals surface area contributed by atoms with Gasteiger partial charge in [-0.15, -0.1) is 0 Å². The Morgan fingerprint density at radius 3 is 2.58 bits per heavy atom. The second-order valence-corrected chi connectivity index (χ2v) is 9.41. The molecule has 0 unspecified atom stereocenters. The highest BCUT2D eigenvalue weighted by atomic mass is 16.1. The molecular weight excluding hydrogens is 300 g/mol. The van der Waals surface area contributed by atoms with Crippen LogP contribution >= 0.6 is 0 Å². The van der Waals surface area contributed by atoms with Gasteiger partial charge in [0.15, 0.2) is 0 Å². The lowest BCUT2D eigenvalue weighted by Gasteiger charge is -2.59. The molecule has 0 radical (unpaired) electrons. The van der Waals surface area contributed by atoms with Gasteiger partial charge in [-0.3, -0.25) is 9.59 Å². The second kappa shape index (κ2) is 5.51. The van der Waals surface area contributed by atoms with Crippen LogP contribution in [0, 0.1) is 40.4 Å². The molecule has 24 heavy (non-hydrogen) atoms. The molecule has 0 saturated heterocycles. The summed E-state index contributed by atoms with van der Waals surface area (Å²) in [5.41, 5.74) is -0.0964. The molecule has 3 heteroatoms. The van der Waals surface area contributed by atoms with Crippen LogP contribution in [0.4, 0.5) is 0 Å². The number of fused-ring (bicyclic) bond motifs is 5. The molecule has 3 nitrogen and oxygen atoms in total. The van der Waals surface area contributed by atoms with Crippen LogP contribution in [-0.2, 0) is 14.4 Å². The van der Waals surface area contributed by atoms with Crippen molar-refractivity contribution in [2.75, 3.05) is 0 Å². The summed E-state index contributed by atoms with van der Waals surface area (Å²) in [5, 5.41) is 0. The van der Waals surface area contributed by atoms with Crippen molar-refractivity contribution in [1.29, 1.82) is 0 Å². The van der Waals surface area contributed by atoms with Crippen LogP contribution in [0.15, 0.2) is 0 Å². The molecule has 0 aliphatic heterocycles. The highest BCUT2D eigenvalue weighted by Crippen LogP contribution is 2.66. The highest BCUT2D eigenvalue weighted by Gasteiger charge is 2.62. The average molecular weight is 330 g/mol. The van der Waals surface area contributed by atoms with Crippen molar-refractivity contribution in [3.05, 3.63) is 0 Å². The fourth-order valence-corrected chi connectivity index (χ4v) is 7.58. The fraction of sp³-hybridized carbons (Fsp3) is 0.857. The first kappa shape index (κ1) is 16.5.